The first-order valence-electron chi connectivity index (χ1n) is 5.91. The van der Waals surface area contributed by atoms with E-state index < -0.39 is 0 Å². The first-order chi connectivity index (χ1) is 7.69. The molecule has 16 heavy (non-hydrogen) atoms. The van der Waals surface area contributed by atoms with Crippen LogP contribution in [0.3, 0.4) is 0 Å². The summed E-state index contributed by atoms with van der Waals surface area (Å²) in [7, 11) is 0. The average Bonchev–Trinajstić information content (AvgIpc) is 2.67. The minimum absolute atomic E-state index is 0.264. The summed E-state index contributed by atoms with van der Waals surface area (Å²) >= 11 is 1.65. The van der Waals surface area contributed by atoms with Gasteiger partial charge in [0.2, 0.25) is 5.89 Å². The van der Waals surface area contributed by atoms with Crippen molar-refractivity contribution in [3.63, 3.8) is 0 Å². The van der Waals surface area contributed by atoms with E-state index in [-0.39, 0.29) is 6.04 Å². The van der Waals surface area contributed by atoms with Crippen LogP contribution in [-0.2, 0) is 0 Å². The number of nitrogens with two attached hydrogens (primary N) is 1. The molecule has 0 amide bonds. The van der Waals surface area contributed by atoms with Crippen LogP contribution in [0.25, 0.3) is 0 Å². The molecule has 0 aromatic carbocycles. The largest absolute Gasteiger partial charge is 0.416 e. The Morgan fingerprint density at radius 2 is 2.25 bits per heavy atom. The molecule has 2 N–H and O–H groups in total. The monoisotopic (exact) mass is 241 g/mol. The molecule has 3 atom stereocenters. The van der Waals surface area contributed by atoms with Crippen LogP contribution in [0, 0.1) is 12.8 Å². The van der Waals surface area contributed by atoms with Gasteiger partial charge in [0.1, 0.15) is 0 Å². The third-order valence-corrected chi connectivity index (χ3v) is 4.50. The molecule has 2 rings (SSSR count). The molecule has 1 fully saturated rings. The summed E-state index contributed by atoms with van der Waals surface area (Å²) in [4.78, 5) is 0. The summed E-state index contributed by atoms with van der Waals surface area (Å²) in [5.74, 6) is 1.43. The smallest absolute Gasteiger partial charge is 0.276 e. The zero-order valence-corrected chi connectivity index (χ0v) is 10.7. The lowest BCUT2D eigenvalue weighted by Crippen LogP contribution is -2.38. The van der Waals surface area contributed by atoms with Crippen molar-refractivity contribution < 1.29 is 4.42 Å². The molecule has 1 aromatic heterocycles. The quantitative estimate of drug-likeness (QED) is 0.880. The summed E-state index contributed by atoms with van der Waals surface area (Å²) in [5.41, 5.74) is 6.14. The zero-order chi connectivity index (χ0) is 11.5. The minimum atomic E-state index is 0.264. The van der Waals surface area contributed by atoms with E-state index in [1.54, 1.807) is 11.8 Å². The number of thioether (sulfide) groups is 1. The molecule has 3 unspecified atom stereocenters. The van der Waals surface area contributed by atoms with Crippen LogP contribution < -0.4 is 5.73 Å². The van der Waals surface area contributed by atoms with Gasteiger partial charge in [-0.15, -0.1) is 10.2 Å². The lowest BCUT2D eigenvalue weighted by atomic mass is 9.84. The number of nitrogens with zero attached hydrogens (tertiary/aromatic N) is 2. The van der Waals surface area contributed by atoms with E-state index in [0.717, 1.165) is 12.3 Å². The highest BCUT2D eigenvalue weighted by Gasteiger charge is 2.29. The molecule has 0 bridgehead atoms. The molecule has 0 saturated heterocycles. The number of hydrogen-bond acceptors (Lipinski definition) is 5. The van der Waals surface area contributed by atoms with Crippen molar-refractivity contribution in [1.82, 2.24) is 10.2 Å². The Kier molecular flexibility index (Phi) is 3.86. The number of aryl methyl sites for hydroxylation is 1. The van der Waals surface area contributed by atoms with Crippen molar-refractivity contribution in [2.75, 3.05) is 0 Å². The summed E-state index contributed by atoms with van der Waals surface area (Å²) in [6, 6.07) is 0.264. The van der Waals surface area contributed by atoms with E-state index >= 15 is 0 Å². The molecule has 0 aliphatic heterocycles. The van der Waals surface area contributed by atoms with E-state index in [1.165, 1.54) is 19.3 Å². The van der Waals surface area contributed by atoms with Crippen LogP contribution in [0.5, 0.6) is 0 Å². The Balaban J connectivity index is 1.96. The molecule has 1 aromatic rings. The number of hydrogen-bond donors (Lipinski definition) is 1. The van der Waals surface area contributed by atoms with Gasteiger partial charge in [-0.1, -0.05) is 25.1 Å². The van der Waals surface area contributed by atoms with E-state index in [9.17, 15) is 0 Å². The lowest BCUT2D eigenvalue weighted by molar-refractivity contribution is 0.325. The molecule has 1 aliphatic rings. The fraction of sp³-hybridized carbons (Fsp3) is 0.818. The summed E-state index contributed by atoms with van der Waals surface area (Å²) in [6.45, 7) is 4.06. The molecule has 1 saturated carbocycles. The molecule has 0 spiro atoms. The van der Waals surface area contributed by atoms with Gasteiger partial charge in [-0.2, -0.15) is 0 Å². The Hall–Kier alpha value is -0.550. The van der Waals surface area contributed by atoms with Gasteiger partial charge in [-0.25, -0.2) is 0 Å². The van der Waals surface area contributed by atoms with Crippen molar-refractivity contribution in [2.24, 2.45) is 11.7 Å². The normalized spacial score (nSPS) is 30.6. The van der Waals surface area contributed by atoms with Gasteiger partial charge >= 0.3 is 0 Å². The second-order valence-corrected chi connectivity index (χ2v) is 5.68. The van der Waals surface area contributed by atoms with Gasteiger partial charge in [0.05, 0.1) is 0 Å². The Bertz CT molecular complexity index is 342. The van der Waals surface area contributed by atoms with Crippen LogP contribution >= 0.6 is 11.8 Å². The van der Waals surface area contributed by atoms with Crippen LogP contribution in [0.4, 0.5) is 0 Å². The van der Waals surface area contributed by atoms with Crippen LogP contribution in [0.2, 0.25) is 0 Å². The SMILES string of the molecule is CCC1CCC(N)C(Sc2nnc(C)o2)C1. The molecule has 1 aliphatic carbocycles. The number of aromatic nitrogens is 2. The zero-order valence-electron chi connectivity index (χ0n) is 9.85. The maximum absolute atomic E-state index is 6.14. The van der Waals surface area contributed by atoms with E-state index in [4.69, 9.17) is 10.2 Å². The molecule has 0 radical (unpaired) electrons. The summed E-state index contributed by atoms with van der Waals surface area (Å²) < 4.78 is 5.39. The fourth-order valence-electron chi connectivity index (χ4n) is 2.20. The third kappa shape index (κ3) is 2.77. The Labute approximate surface area is 100 Å². The first kappa shape index (κ1) is 11.9. The van der Waals surface area contributed by atoms with Crippen molar-refractivity contribution in [2.45, 2.75) is 56.0 Å². The van der Waals surface area contributed by atoms with Gasteiger partial charge in [-0.3, -0.25) is 0 Å². The highest BCUT2D eigenvalue weighted by atomic mass is 32.2. The Morgan fingerprint density at radius 3 is 2.88 bits per heavy atom. The van der Waals surface area contributed by atoms with Gasteiger partial charge in [0, 0.05) is 18.2 Å². The van der Waals surface area contributed by atoms with Gasteiger partial charge in [-0.05, 0) is 25.2 Å². The van der Waals surface area contributed by atoms with Crippen molar-refractivity contribution in [3.05, 3.63) is 5.89 Å². The van der Waals surface area contributed by atoms with Gasteiger partial charge < -0.3 is 10.2 Å². The first-order valence-corrected chi connectivity index (χ1v) is 6.79. The second-order valence-electron chi connectivity index (χ2n) is 4.49. The van der Waals surface area contributed by atoms with Crippen molar-refractivity contribution in [1.29, 1.82) is 0 Å². The standard InChI is InChI=1S/C11H19N3OS/c1-3-8-4-5-9(12)10(6-8)16-11-14-13-7(2)15-11/h8-10H,3-6,12H2,1-2H3. The average molecular weight is 241 g/mol. The third-order valence-electron chi connectivity index (χ3n) is 3.29. The molecular formula is C11H19N3OS. The van der Waals surface area contributed by atoms with Gasteiger partial charge in [0.25, 0.3) is 5.22 Å². The maximum atomic E-state index is 6.14. The predicted octanol–water partition coefficient (Wildman–Crippen LogP) is 2.38. The molecular weight excluding hydrogens is 222 g/mol. The van der Waals surface area contributed by atoms with Crippen LogP contribution in [0.15, 0.2) is 9.64 Å². The van der Waals surface area contributed by atoms with Crippen LogP contribution in [0.1, 0.15) is 38.5 Å². The fourth-order valence-corrected chi connectivity index (χ4v) is 3.39. The predicted molar refractivity (Wildman–Crippen MR) is 64.3 cm³/mol. The van der Waals surface area contributed by atoms with Crippen molar-refractivity contribution >= 4 is 11.8 Å². The minimum Gasteiger partial charge on any atom is -0.416 e. The van der Waals surface area contributed by atoms with Gasteiger partial charge in [0.15, 0.2) is 0 Å². The molecule has 5 heteroatoms. The second kappa shape index (κ2) is 5.19. The summed E-state index contributed by atoms with van der Waals surface area (Å²) in [5, 5.41) is 8.94. The van der Waals surface area contributed by atoms with E-state index in [2.05, 4.69) is 17.1 Å². The molecule has 1 heterocycles. The van der Waals surface area contributed by atoms with Crippen molar-refractivity contribution in [3.8, 4) is 0 Å². The molecule has 90 valence electrons. The Morgan fingerprint density at radius 1 is 1.44 bits per heavy atom. The number of rotatable bonds is 3. The summed E-state index contributed by atoms with van der Waals surface area (Å²) in [6.07, 6.45) is 4.79. The van der Waals surface area contributed by atoms with E-state index in [1.807, 2.05) is 6.92 Å². The van der Waals surface area contributed by atoms with Crippen LogP contribution in [-0.4, -0.2) is 21.5 Å². The topological polar surface area (TPSA) is 64.9 Å². The van der Waals surface area contributed by atoms with E-state index in [0.29, 0.717) is 16.4 Å². The highest BCUT2D eigenvalue weighted by Crippen LogP contribution is 2.36. The lowest BCUT2D eigenvalue weighted by Gasteiger charge is -2.32. The molecule has 4 nitrogen and oxygen atoms in total. The maximum Gasteiger partial charge on any atom is 0.276 e. The highest BCUT2D eigenvalue weighted by molar-refractivity contribution is 7.99.